The molecule has 3 rings (SSSR count). The van der Waals surface area contributed by atoms with Crippen molar-refractivity contribution in [3.8, 4) is 0 Å². The molecule has 0 bridgehead atoms. The second-order valence-corrected chi connectivity index (χ2v) is 5.93. The van der Waals surface area contributed by atoms with Crippen LogP contribution in [-0.2, 0) is 16.0 Å². The summed E-state index contributed by atoms with van der Waals surface area (Å²) in [5, 5.41) is 2.92. The average Bonchev–Trinajstić information content (AvgIpc) is 2.93. The van der Waals surface area contributed by atoms with Crippen LogP contribution in [-0.4, -0.2) is 45.5 Å². The molecule has 0 aliphatic carbocycles. The van der Waals surface area contributed by atoms with Crippen molar-refractivity contribution in [2.24, 2.45) is 0 Å². The van der Waals surface area contributed by atoms with Crippen LogP contribution in [0.4, 0.5) is 0 Å². The van der Waals surface area contributed by atoms with Gasteiger partial charge in [0.05, 0.1) is 42.2 Å². The lowest BCUT2D eigenvalue weighted by molar-refractivity contribution is -0.138. The minimum Gasteiger partial charge on any atom is -0.368 e. The number of nitrogens with zero attached hydrogens (tertiary/aromatic N) is 4. The molecular weight excluding hydrogens is 288 g/mol. The van der Waals surface area contributed by atoms with Gasteiger partial charge in [0, 0.05) is 24.3 Å². The Morgan fingerprint density at radius 1 is 1.52 bits per heavy atom. The number of carbonyl (C=O) groups is 1. The number of carbonyl (C=O) groups excluding carboxylic acids is 1. The molecule has 110 valence electrons. The average molecular weight is 304 g/mol. The van der Waals surface area contributed by atoms with Crippen LogP contribution in [0.3, 0.4) is 0 Å². The lowest BCUT2D eigenvalue weighted by atomic mass is 10.2. The largest absolute Gasteiger partial charge is 0.368 e. The van der Waals surface area contributed by atoms with Crippen molar-refractivity contribution < 1.29 is 9.53 Å². The van der Waals surface area contributed by atoms with Crippen LogP contribution in [0.2, 0.25) is 0 Å². The number of aromatic nitrogens is 3. The molecule has 21 heavy (non-hydrogen) atoms. The van der Waals surface area contributed by atoms with Crippen LogP contribution in [0.15, 0.2) is 24.0 Å². The molecule has 0 saturated carbocycles. The molecule has 0 N–H and O–H groups in total. The minimum atomic E-state index is -0.200. The molecule has 1 fully saturated rings. The normalized spacial score (nSPS) is 18.7. The number of hydrogen-bond acceptors (Lipinski definition) is 6. The van der Waals surface area contributed by atoms with Crippen LogP contribution in [0, 0.1) is 6.92 Å². The number of morpholine rings is 1. The second kappa shape index (κ2) is 6.28. The van der Waals surface area contributed by atoms with E-state index >= 15 is 0 Å². The third-order valence-corrected chi connectivity index (χ3v) is 4.15. The zero-order valence-electron chi connectivity index (χ0n) is 11.7. The highest BCUT2D eigenvalue weighted by Gasteiger charge is 2.26. The maximum atomic E-state index is 12.4. The first kappa shape index (κ1) is 14.1. The van der Waals surface area contributed by atoms with E-state index in [1.54, 1.807) is 29.9 Å². The molecule has 1 unspecified atom stereocenters. The molecule has 3 heterocycles. The summed E-state index contributed by atoms with van der Waals surface area (Å²) < 4.78 is 5.69. The molecule has 7 heteroatoms. The third kappa shape index (κ3) is 3.43. The highest BCUT2D eigenvalue weighted by Crippen LogP contribution is 2.20. The van der Waals surface area contributed by atoms with E-state index in [0.29, 0.717) is 26.1 Å². The Morgan fingerprint density at radius 2 is 2.43 bits per heavy atom. The molecule has 0 spiro atoms. The van der Waals surface area contributed by atoms with Crippen molar-refractivity contribution in [3.63, 3.8) is 0 Å². The van der Waals surface area contributed by atoms with Crippen molar-refractivity contribution in [3.05, 3.63) is 40.4 Å². The fraction of sp³-hybridized carbons (Fsp3) is 0.429. The Balaban J connectivity index is 1.64. The summed E-state index contributed by atoms with van der Waals surface area (Å²) in [4.78, 5) is 26.8. The van der Waals surface area contributed by atoms with Crippen LogP contribution >= 0.6 is 11.3 Å². The van der Waals surface area contributed by atoms with Crippen molar-refractivity contribution in [1.82, 2.24) is 19.9 Å². The summed E-state index contributed by atoms with van der Waals surface area (Å²) in [7, 11) is 0. The van der Waals surface area contributed by atoms with Gasteiger partial charge in [0.15, 0.2) is 0 Å². The van der Waals surface area contributed by atoms with E-state index in [2.05, 4.69) is 15.0 Å². The van der Waals surface area contributed by atoms with Crippen LogP contribution < -0.4 is 0 Å². The molecule has 6 nitrogen and oxygen atoms in total. The Labute approximate surface area is 126 Å². The third-order valence-electron chi connectivity index (χ3n) is 3.33. The predicted molar refractivity (Wildman–Crippen MR) is 77.9 cm³/mol. The van der Waals surface area contributed by atoms with Gasteiger partial charge >= 0.3 is 0 Å². The van der Waals surface area contributed by atoms with Crippen LogP contribution in [0.5, 0.6) is 0 Å². The number of hydrogen-bond donors (Lipinski definition) is 0. The summed E-state index contributed by atoms with van der Waals surface area (Å²) in [6.45, 7) is 3.58. The van der Waals surface area contributed by atoms with E-state index in [4.69, 9.17) is 4.74 Å². The van der Waals surface area contributed by atoms with E-state index < -0.39 is 0 Å². The zero-order chi connectivity index (χ0) is 14.7. The van der Waals surface area contributed by atoms with Gasteiger partial charge in [0.2, 0.25) is 5.91 Å². The molecule has 0 radical (unpaired) electrons. The van der Waals surface area contributed by atoms with Gasteiger partial charge in [-0.15, -0.1) is 11.3 Å². The van der Waals surface area contributed by atoms with Crippen molar-refractivity contribution in [2.45, 2.75) is 19.4 Å². The number of amides is 1. The number of ether oxygens (including phenoxy) is 1. The highest BCUT2D eigenvalue weighted by atomic mass is 32.1. The lowest BCUT2D eigenvalue weighted by Gasteiger charge is -2.32. The van der Waals surface area contributed by atoms with Gasteiger partial charge in [-0.1, -0.05) is 0 Å². The minimum absolute atomic E-state index is 0.0810. The van der Waals surface area contributed by atoms with E-state index in [1.807, 2.05) is 17.2 Å². The van der Waals surface area contributed by atoms with Gasteiger partial charge in [-0.3, -0.25) is 14.8 Å². The smallest absolute Gasteiger partial charge is 0.228 e. The van der Waals surface area contributed by atoms with E-state index in [9.17, 15) is 4.79 Å². The topological polar surface area (TPSA) is 68.2 Å². The summed E-state index contributed by atoms with van der Waals surface area (Å²) in [5.41, 5.74) is 1.60. The molecule has 1 saturated heterocycles. The lowest BCUT2D eigenvalue weighted by Crippen LogP contribution is -2.43. The molecule has 2 aromatic rings. The van der Waals surface area contributed by atoms with Crippen molar-refractivity contribution >= 4 is 17.2 Å². The highest BCUT2D eigenvalue weighted by molar-refractivity contribution is 7.09. The van der Waals surface area contributed by atoms with Gasteiger partial charge in [0.1, 0.15) is 6.10 Å². The van der Waals surface area contributed by atoms with Crippen LogP contribution in [0.1, 0.15) is 22.5 Å². The Hall–Kier alpha value is -1.86. The number of rotatable bonds is 3. The molecule has 2 aromatic heterocycles. The number of thiazole rings is 1. The first-order chi connectivity index (χ1) is 10.2. The quantitative estimate of drug-likeness (QED) is 0.857. The Morgan fingerprint density at radius 3 is 3.14 bits per heavy atom. The van der Waals surface area contributed by atoms with Gasteiger partial charge in [-0.05, 0) is 6.92 Å². The molecular formula is C14H16N4O2S. The summed E-state index contributed by atoms with van der Waals surface area (Å²) in [6, 6.07) is 0. The van der Waals surface area contributed by atoms with Crippen LogP contribution in [0.25, 0.3) is 0 Å². The molecule has 1 aliphatic rings. The first-order valence-corrected chi connectivity index (χ1v) is 7.66. The molecule has 1 amide bonds. The fourth-order valence-electron chi connectivity index (χ4n) is 2.29. The predicted octanol–water partition coefficient (Wildman–Crippen LogP) is 1.38. The zero-order valence-corrected chi connectivity index (χ0v) is 12.5. The maximum absolute atomic E-state index is 12.4. The summed E-state index contributed by atoms with van der Waals surface area (Å²) >= 11 is 1.57. The molecule has 0 aromatic carbocycles. The van der Waals surface area contributed by atoms with Gasteiger partial charge < -0.3 is 9.64 Å². The molecule has 1 atom stereocenters. The van der Waals surface area contributed by atoms with Gasteiger partial charge in [-0.2, -0.15) is 0 Å². The van der Waals surface area contributed by atoms with E-state index in [-0.39, 0.29) is 12.0 Å². The Kier molecular flexibility index (Phi) is 4.21. The number of aryl methyl sites for hydroxylation is 1. The second-order valence-electron chi connectivity index (χ2n) is 4.86. The SMILES string of the molecule is Cc1nc(CC(=O)N2CCOC(c3cnccn3)C2)cs1. The van der Waals surface area contributed by atoms with E-state index in [1.165, 1.54) is 0 Å². The first-order valence-electron chi connectivity index (χ1n) is 6.78. The van der Waals surface area contributed by atoms with Gasteiger partial charge in [-0.25, -0.2) is 4.98 Å². The summed E-state index contributed by atoms with van der Waals surface area (Å²) in [5.74, 6) is 0.0810. The summed E-state index contributed by atoms with van der Waals surface area (Å²) in [6.07, 6.45) is 5.09. The van der Waals surface area contributed by atoms with Crippen molar-refractivity contribution in [1.29, 1.82) is 0 Å². The van der Waals surface area contributed by atoms with Gasteiger partial charge in [0.25, 0.3) is 0 Å². The fourth-order valence-corrected chi connectivity index (χ4v) is 2.90. The van der Waals surface area contributed by atoms with Crippen molar-refractivity contribution in [2.75, 3.05) is 19.7 Å². The van der Waals surface area contributed by atoms with E-state index in [0.717, 1.165) is 16.4 Å². The monoisotopic (exact) mass is 304 g/mol. The Bertz CT molecular complexity index is 616. The molecule has 1 aliphatic heterocycles. The standard InChI is InChI=1S/C14H16N4O2S/c1-10-17-11(9-21-10)6-14(19)18-4-5-20-13(8-18)12-7-15-2-3-16-12/h2-3,7,9,13H,4-6,8H2,1H3. The maximum Gasteiger partial charge on any atom is 0.228 e.